The van der Waals surface area contributed by atoms with Crippen molar-refractivity contribution >= 4 is 63.5 Å². The topological polar surface area (TPSA) is 203 Å². The Kier molecular flexibility index (Phi) is 7.84. The van der Waals surface area contributed by atoms with Gasteiger partial charge < -0.3 is 26.2 Å². The van der Waals surface area contributed by atoms with Crippen LogP contribution >= 0.6 is 34.9 Å². The molecule has 0 saturated carbocycles. The number of H-pyrrole nitrogens is 1. The molecule has 0 bridgehead atoms. The number of hydrogen-bond donors (Lipinski definition) is 4. The number of carbonyl (C=O) groups is 3. The molecule has 13 nitrogen and oxygen atoms in total. The first-order valence-electron chi connectivity index (χ1n) is 8.51. The molecule has 2 aliphatic heterocycles. The maximum Gasteiger partial charge on any atom is 1.00 e. The molecule has 32 heavy (non-hydrogen) atoms. The minimum absolute atomic E-state index is 0. The number of thioether (sulfide) groups is 2. The quantitative estimate of drug-likeness (QED) is 0.0704. The molecule has 1 unspecified atom stereocenters. The zero-order valence-corrected chi connectivity index (χ0v) is 20.8. The van der Waals surface area contributed by atoms with Crippen LogP contribution in [0.4, 0.5) is 5.13 Å². The summed E-state index contributed by atoms with van der Waals surface area (Å²) in [6.07, 6.45) is 1.50. The van der Waals surface area contributed by atoms with Crippen molar-refractivity contribution in [2.75, 3.05) is 17.2 Å². The molecule has 0 aliphatic carbocycles. The normalized spacial score (nSPS) is 20.3. The number of carboxylic acid groups (broad SMARTS) is 1. The summed E-state index contributed by atoms with van der Waals surface area (Å²) < 4.78 is 0. The number of aliphatic carboxylic acids is 1. The van der Waals surface area contributed by atoms with Gasteiger partial charge in [0.15, 0.2) is 10.8 Å². The van der Waals surface area contributed by atoms with Gasteiger partial charge in [0.25, 0.3) is 11.8 Å². The SMILES string of the molecule is Nc1nc(C(=NO)C(=O)NC2C(=O)N3C(C(=O)[O-])=C(CSc4cn[nH]n4)CS[C@@H]23)cs1.[Na+]. The van der Waals surface area contributed by atoms with Crippen LogP contribution in [-0.2, 0) is 14.4 Å². The van der Waals surface area contributed by atoms with E-state index in [0.717, 1.165) is 16.2 Å². The van der Waals surface area contributed by atoms with Crippen LogP contribution in [0.1, 0.15) is 5.69 Å². The first-order chi connectivity index (χ1) is 14.9. The van der Waals surface area contributed by atoms with Crippen LogP contribution in [-0.4, -0.2) is 76.9 Å². The number of aromatic nitrogens is 4. The van der Waals surface area contributed by atoms with Crippen LogP contribution in [0, 0.1) is 0 Å². The Morgan fingerprint density at radius 2 is 2.28 bits per heavy atom. The van der Waals surface area contributed by atoms with Gasteiger partial charge in [0.05, 0.1) is 17.9 Å². The van der Waals surface area contributed by atoms with Crippen LogP contribution in [0.25, 0.3) is 0 Å². The molecule has 2 aliphatic rings. The number of nitrogens with one attached hydrogen (secondary N) is 2. The van der Waals surface area contributed by atoms with Crippen LogP contribution in [0.15, 0.2) is 33.0 Å². The Morgan fingerprint density at radius 1 is 1.50 bits per heavy atom. The zero-order valence-electron chi connectivity index (χ0n) is 16.3. The summed E-state index contributed by atoms with van der Waals surface area (Å²) >= 11 is 3.62. The predicted molar refractivity (Wildman–Crippen MR) is 109 cm³/mol. The van der Waals surface area contributed by atoms with Gasteiger partial charge in [-0.25, -0.2) is 4.98 Å². The van der Waals surface area contributed by atoms with Crippen molar-refractivity contribution in [2.45, 2.75) is 16.4 Å². The van der Waals surface area contributed by atoms with Crippen molar-refractivity contribution in [3.63, 3.8) is 0 Å². The van der Waals surface area contributed by atoms with Crippen molar-refractivity contribution in [3.05, 3.63) is 28.5 Å². The summed E-state index contributed by atoms with van der Waals surface area (Å²) in [6.45, 7) is 0. The fourth-order valence-electron chi connectivity index (χ4n) is 3.02. The Labute approximate surface area is 214 Å². The molecule has 1 fully saturated rings. The Morgan fingerprint density at radius 3 is 2.88 bits per heavy atom. The van der Waals surface area contributed by atoms with E-state index in [0.29, 0.717) is 16.4 Å². The van der Waals surface area contributed by atoms with Gasteiger partial charge >= 0.3 is 29.6 Å². The van der Waals surface area contributed by atoms with E-state index in [4.69, 9.17) is 5.73 Å². The van der Waals surface area contributed by atoms with Gasteiger partial charge in [-0.1, -0.05) is 16.9 Å². The van der Waals surface area contributed by atoms with Crippen molar-refractivity contribution in [1.82, 2.24) is 30.6 Å². The van der Waals surface area contributed by atoms with E-state index in [9.17, 15) is 24.7 Å². The predicted octanol–water partition coefficient (Wildman–Crippen LogP) is -4.78. The number of rotatable bonds is 7. The van der Waals surface area contributed by atoms with E-state index < -0.39 is 34.9 Å². The number of carboxylic acids is 1. The third-order valence-corrected chi connectivity index (χ3v) is 7.39. The molecule has 2 aromatic heterocycles. The second-order valence-electron chi connectivity index (χ2n) is 6.22. The molecule has 0 aromatic carbocycles. The van der Waals surface area contributed by atoms with Crippen molar-refractivity contribution in [1.29, 1.82) is 0 Å². The molecular formula is C15H13N8NaO5S3. The Bertz CT molecular complexity index is 1100. The molecule has 4 rings (SSSR count). The molecule has 5 N–H and O–H groups in total. The number of anilines is 1. The van der Waals surface area contributed by atoms with Crippen LogP contribution < -0.4 is 45.7 Å². The Balaban J connectivity index is 0.00000289. The van der Waals surface area contributed by atoms with E-state index in [1.54, 1.807) is 0 Å². The molecule has 162 valence electrons. The standard InChI is InChI=1S/C15H14N8O5S3.Na/c16-15-18-6(4-31-15)8(21-28)11(24)19-9-12(25)23-10(14(26)27)5(3-30-13(9)23)2-29-7-1-17-22-20-7;/h1,4,9,13,28H,2-3H2,(H2,16,18)(H,19,24)(H,26,27)(H,17,20,22);/q;+1/p-1/t9?,13-;/m0./s1. The Hall–Kier alpha value is -2.11. The van der Waals surface area contributed by atoms with E-state index in [2.05, 4.69) is 30.9 Å². The maximum atomic E-state index is 12.7. The summed E-state index contributed by atoms with van der Waals surface area (Å²) in [4.78, 5) is 41.9. The smallest absolute Gasteiger partial charge is 0.543 e. The zero-order chi connectivity index (χ0) is 22.1. The average molecular weight is 505 g/mol. The van der Waals surface area contributed by atoms with Crippen LogP contribution in [0.3, 0.4) is 0 Å². The van der Waals surface area contributed by atoms with Gasteiger partial charge in [0, 0.05) is 16.9 Å². The second-order valence-corrected chi connectivity index (χ2v) is 9.21. The summed E-state index contributed by atoms with van der Waals surface area (Å²) in [5.74, 6) is -2.32. The molecule has 0 radical (unpaired) electrons. The number of nitrogens with two attached hydrogens (primary N) is 1. The fourth-order valence-corrected chi connectivity index (χ4v) is 5.84. The molecular weight excluding hydrogens is 491 g/mol. The number of aromatic amines is 1. The van der Waals surface area contributed by atoms with Gasteiger partial charge in [0.2, 0.25) is 0 Å². The second kappa shape index (κ2) is 10.2. The molecule has 2 aromatic rings. The molecule has 2 amide bonds. The number of β-lactam (4-membered cyclic amide) rings is 1. The van der Waals surface area contributed by atoms with Crippen LogP contribution in [0.5, 0.6) is 0 Å². The van der Waals surface area contributed by atoms with Gasteiger partial charge in [-0.3, -0.25) is 14.5 Å². The van der Waals surface area contributed by atoms with E-state index in [1.165, 1.54) is 35.1 Å². The van der Waals surface area contributed by atoms with Gasteiger partial charge in [0.1, 0.15) is 22.1 Å². The fraction of sp³-hybridized carbons (Fsp3) is 0.267. The first kappa shape index (κ1) is 24.5. The minimum Gasteiger partial charge on any atom is -0.543 e. The molecule has 1 saturated heterocycles. The molecule has 4 heterocycles. The summed E-state index contributed by atoms with van der Waals surface area (Å²) in [5, 5.41) is 38.0. The summed E-state index contributed by atoms with van der Waals surface area (Å²) in [5.41, 5.74) is 5.48. The first-order valence-corrected chi connectivity index (χ1v) is 11.4. The molecule has 17 heteroatoms. The third kappa shape index (κ3) is 4.65. The minimum atomic E-state index is -1.48. The maximum absolute atomic E-state index is 12.7. The number of amides is 2. The van der Waals surface area contributed by atoms with Crippen molar-refractivity contribution in [2.24, 2.45) is 5.16 Å². The van der Waals surface area contributed by atoms with Crippen molar-refractivity contribution < 1.29 is 54.3 Å². The monoisotopic (exact) mass is 504 g/mol. The summed E-state index contributed by atoms with van der Waals surface area (Å²) in [7, 11) is 0. The number of oxime groups is 1. The van der Waals surface area contributed by atoms with Gasteiger partial charge in [-0.2, -0.15) is 10.3 Å². The van der Waals surface area contributed by atoms with E-state index in [1.807, 2.05) is 0 Å². The number of hydrogen-bond acceptors (Lipinski definition) is 13. The van der Waals surface area contributed by atoms with E-state index in [-0.39, 0.29) is 51.8 Å². The number of nitrogen functional groups attached to an aromatic ring is 1. The third-order valence-electron chi connectivity index (χ3n) is 4.39. The number of thiazole rings is 1. The number of carbonyl (C=O) groups excluding carboxylic acids is 3. The number of nitrogens with zero attached hydrogens (tertiary/aromatic N) is 5. The van der Waals surface area contributed by atoms with Gasteiger partial charge in [-0.15, -0.1) is 28.2 Å². The van der Waals surface area contributed by atoms with Gasteiger partial charge in [-0.05, 0) is 5.57 Å². The molecule has 2 atom stereocenters. The largest absolute Gasteiger partial charge is 1.00 e. The van der Waals surface area contributed by atoms with Crippen LogP contribution in [0.2, 0.25) is 0 Å². The average Bonchev–Trinajstić information content (AvgIpc) is 3.42. The number of fused-ring (bicyclic) bond motifs is 1. The van der Waals surface area contributed by atoms with Crippen molar-refractivity contribution in [3.8, 4) is 0 Å². The summed E-state index contributed by atoms with van der Waals surface area (Å²) in [6, 6.07) is -0.996. The van der Waals surface area contributed by atoms with E-state index >= 15 is 0 Å². The molecule has 0 spiro atoms.